The van der Waals surface area contributed by atoms with E-state index in [0.29, 0.717) is 6.42 Å². The van der Waals surface area contributed by atoms with Gasteiger partial charge in [-0.15, -0.1) is 0 Å². The van der Waals surface area contributed by atoms with Gasteiger partial charge in [0.15, 0.2) is 0 Å². The smallest absolute Gasteiger partial charge is 0.142 e. The first-order valence-electron chi connectivity index (χ1n) is 6.33. The van der Waals surface area contributed by atoms with Gasteiger partial charge < -0.3 is 5.73 Å². The molecule has 0 spiro atoms. The second-order valence-corrected chi connectivity index (χ2v) is 5.21. The van der Waals surface area contributed by atoms with Crippen molar-refractivity contribution in [1.29, 1.82) is 0 Å². The number of halogens is 2. The maximum absolute atomic E-state index is 13.4. The fourth-order valence-electron chi connectivity index (χ4n) is 2.18. The van der Waals surface area contributed by atoms with Crippen LogP contribution in [0.5, 0.6) is 0 Å². The van der Waals surface area contributed by atoms with Crippen LogP contribution in [0.15, 0.2) is 48.5 Å². The van der Waals surface area contributed by atoms with E-state index in [-0.39, 0.29) is 22.8 Å². The first kappa shape index (κ1) is 14.0. The summed E-state index contributed by atoms with van der Waals surface area (Å²) in [6, 6.07) is 14.7. The molecular formula is C16H17ClFN. The molecule has 0 saturated carbocycles. The monoisotopic (exact) mass is 277 g/mol. The summed E-state index contributed by atoms with van der Waals surface area (Å²) in [5.41, 5.74) is 8.13. The zero-order valence-corrected chi connectivity index (χ0v) is 11.6. The lowest BCUT2D eigenvalue weighted by atomic mass is 9.90. The summed E-state index contributed by atoms with van der Waals surface area (Å²) < 4.78 is 13.4. The molecule has 0 bridgehead atoms. The highest BCUT2D eigenvalue weighted by atomic mass is 35.5. The summed E-state index contributed by atoms with van der Waals surface area (Å²) in [6.45, 7) is 2.05. The normalized spacial score (nSPS) is 14.1. The number of nitrogens with two attached hydrogens (primary N) is 1. The van der Waals surface area contributed by atoms with Crippen molar-refractivity contribution in [2.45, 2.75) is 19.4 Å². The molecule has 2 atom stereocenters. The van der Waals surface area contributed by atoms with Gasteiger partial charge in [0.05, 0.1) is 5.02 Å². The molecule has 0 saturated heterocycles. The Labute approximate surface area is 118 Å². The molecule has 100 valence electrons. The summed E-state index contributed by atoms with van der Waals surface area (Å²) in [6.07, 6.45) is 0.659. The Kier molecular flexibility index (Phi) is 4.56. The largest absolute Gasteiger partial charge is 0.324 e. The van der Waals surface area contributed by atoms with Gasteiger partial charge in [-0.25, -0.2) is 4.39 Å². The third kappa shape index (κ3) is 3.34. The standard InChI is InChI=1S/C16H17ClFN/c1-11(16(19)12-6-3-2-4-7-12)10-13-8-5-9-14(18)15(13)17/h2-9,11,16H,10,19H2,1H3. The third-order valence-electron chi connectivity index (χ3n) is 3.37. The van der Waals surface area contributed by atoms with Crippen LogP contribution >= 0.6 is 11.6 Å². The van der Waals surface area contributed by atoms with Gasteiger partial charge in [-0.3, -0.25) is 0 Å². The minimum absolute atomic E-state index is 0.0828. The molecule has 0 aliphatic rings. The van der Waals surface area contributed by atoms with Crippen LogP contribution in [0.4, 0.5) is 4.39 Å². The summed E-state index contributed by atoms with van der Waals surface area (Å²) in [5, 5.41) is 0.203. The summed E-state index contributed by atoms with van der Waals surface area (Å²) in [4.78, 5) is 0. The van der Waals surface area contributed by atoms with E-state index in [9.17, 15) is 4.39 Å². The minimum atomic E-state index is -0.375. The van der Waals surface area contributed by atoms with Gasteiger partial charge in [0.25, 0.3) is 0 Å². The van der Waals surface area contributed by atoms with Crippen molar-refractivity contribution in [1.82, 2.24) is 0 Å². The molecule has 2 rings (SSSR count). The molecule has 2 aromatic rings. The van der Waals surface area contributed by atoms with E-state index < -0.39 is 0 Å². The lowest BCUT2D eigenvalue weighted by molar-refractivity contribution is 0.467. The fraction of sp³-hybridized carbons (Fsp3) is 0.250. The van der Waals surface area contributed by atoms with Crippen molar-refractivity contribution < 1.29 is 4.39 Å². The molecule has 0 radical (unpaired) electrons. The molecule has 2 aromatic carbocycles. The van der Waals surface area contributed by atoms with Gasteiger partial charge in [-0.1, -0.05) is 61.0 Å². The molecule has 3 heteroatoms. The van der Waals surface area contributed by atoms with Crippen molar-refractivity contribution in [3.8, 4) is 0 Å². The quantitative estimate of drug-likeness (QED) is 0.883. The van der Waals surface area contributed by atoms with E-state index in [0.717, 1.165) is 11.1 Å². The third-order valence-corrected chi connectivity index (χ3v) is 3.79. The number of rotatable bonds is 4. The zero-order chi connectivity index (χ0) is 13.8. The van der Waals surface area contributed by atoms with Crippen LogP contribution in [0.2, 0.25) is 5.02 Å². The van der Waals surface area contributed by atoms with Crippen LogP contribution in [0, 0.1) is 11.7 Å². The van der Waals surface area contributed by atoms with E-state index >= 15 is 0 Å². The Balaban J connectivity index is 2.13. The predicted molar refractivity (Wildman–Crippen MR) is 77.6 cm³/mol. The topological polar surface area (TPSA) is 26.0 Å². The van der Waals surface area contributed by atoms with Crippen LogP contribution in [-0.2, 0) is 6.42 Å². The molecule has 0 aliphatic carbocycles. The van der Waals surface area contributed by atoms with E-state index in [1.54, 1.807) is 6.07 Å². The van der Waals surface area contributed by atoms with Gasteiger partial charge in [0.2, 0.25) is 0 Å². The average Bonchev–Trinajstić information content (AvgIpc) is 2.44. The van der Waals surface area contributed by atoms with Gasteiger partial charge in [0.1, 0.15) is 5.82 Å². The molecule has 0 fully saturated rings. The van der Waals surface area contributed by atoms with Gasteiger partial charge >= 0.3 is 0 Å². The van der Waals surface area contributed by atoms with E-state index in [4.69, 9.17) is 17.3 Å². The maximum Gasteiger partial charge on any atom is 0.142 e. The highest BCUT2D eigenvalue weighted by Crippen LogP contribution is 2.27. The lowest BCUT2D eigenvalue weighted by Crippen LogP contribution is -2.21. The van der Waals surface area contributed by atoms with Crippen molar-refractivity contribution in [3.05, 3.63) is 70.5 Å². The highest BCUT2D eigenvalue weighted by Gasteiger charge is 2.17. The highest BCUT2D eigenvalue weighted by molar-refractivity contribution is 6.31. The molecule has 1 nitrogen and oxygen atoms in total. The second kappa shape index (κ2) is 6.18. The Morgan fingerprint density at radius 3 is 2.47 bits per heavy atom. The molecule has 2 unspecified atom stereocenters. The van der Waals surface area contributed by atoms with Crippen molar-refractivity contribution in [2.75, 3.05) is 0 Å². The van der Waals surface area contributed by atoms with Gasteiger partial charge in [0, 0.05) is 6.04 Å². The minimum Gasteiger partial charge on any atom is -0.324 e. The van der Waals surface area contributed by atoms with Gasteiger partial charge in [-0.05, 0) is 29.5 Å². The molecule has 0 heterocycles. The fourth-order valence-corrected chi connectivity index (χ4v) is 2.39. The van der Waals surface area contributed by atoms with E-state index in [1.165, 1.54) is 6.07 Å². The van der Waals surface area contributed by atoms with Crippen molar-refractivity contribution in [2.24, 2.45) is 11.7 Å². The van der Waals surface area contributed by atoms with E-state index in [2.05, 4.69) is 6.92 Å². The molecule has 0 aromatic heterocycles. The Morgan fingerprint density at radius 1 is 1.11 bits per heavy atom. The summed E-state index contributed by atoms with van der Waals surface area (Å²) >= 11 is 5.97. The van der Waals surface area contributed by atoms with Gasteiger partial charge in [-0.2, -0.15) is 0 Å². The Bertz CT molecular complexity index is 542. The second-order valence-electron chi connectivity index (χ2n) is 4.83. The SMILES string of the molecule is CC(Cc1cccc(F)c1Cl)C(N)c1ccccc1. The molecular weight excluding hydrogens is 261 g/mol. The first-order chi connectivity index (χ1) is 9.09. The maximum atomic E-state index is 13.4. The molecule has 2 N–H and O–H groups in total. The predicted octanol–water partition coefficient (Wildman–Crippen LogP) is 4.36. The Morgan fingerprint density at radius 2 is 1.79 bits per heavy atom. The van der Waals surface area contributed by atoms with E-state index in [1.807, 2.05) is 36.4 Å². The number of benzene rings is 2. The van der Waals surface area contributed by atoms with Crippen molar-refractivity contribution >= 4 is 11.6 Å². The number of hydrogen-bond donors (Lipinski definition) is 1. The number of hydrogen-bond acceptors (Lipinski definition) is 1. The van der Waals surface area contributed by atoms with Crippen LogP contribution < -0.4 is 5.73 Å². The lowest BCUT2D eigenvalue weighted by Gasteiger charge is -2.21. The van der Waals surface area contributed by atoms with Crippen molar-refractivity contribution in [3.63, 3.8) is 0 Å². The van der Waals surface area contributed by atoms with Crippen LogP contribution in [0.25, 0.3) is 0 Å². The molecule has 0 aliphatic heterocycles. The summed E-state index contributed by atoms with van der Waals surface area (Å²) in [5.74, 6) is -0.193. The Hall–Kier alpha value is -1.38. The molecule has 0 amide bonds. The average molecular weight is 278 g/mol. The first-order valence-corrected chi connectivity index (χ1v) is 6.71. The molecule has 19 heavy (non-hydrogen) atoms. The summed E-state index contributed by atoms with van der Waals surface area (Å²) in [7, 11) is 0. The van der Waals surface area contributed by atoms with Crippen LogP contribution in [-0.4, -0.2) is 0 Å². The van der Waals surface area contributed by atoms with Crippen LogP contribution in [0.3, 0.4) is 0 Å². The van der Waals surface area contributed by atoms with Crippen LogP contribution in [0.1, 0.15) is 24.1 Å². The zero-order valence-electron chi connectivity index (χ0n) is 10.8.